The third-order valence-corrected chi connectivity index (χ3v) is 6.83. The zero-order chi connectivity index (χ0) is 23.9. The Hall–Kier alpha value is -2.98. The highest BCUT2D eigenvalue weighted by Crippen LogP contribution is 2.30. The first kappa shape index (κ1) is 25.3. The van der Waals surface area contributed by atoms with Gasteiger partial charge in [-0.25, -0.2) is 8.42 Å². The van der Waals surface area contributed by atoms with Gasteiger partial charge in [0.25, 0.3) is 0 Å². The van der Waals surface area contributed by atoms with Gasteiger partial charge in [0.2, 0.25) is 11.8 Å². The number of sulfone groups is 1. The Balaban J connectivity index is 2.14. The van der Waals surface area contributed by atoms with Gasteiger partial charge in [-0.2, -0.15) is 0 Å². The molecule has 32 heavy (non-hydrogen) atoms. The summed E-state index contributed by atoms with van der Waals surface area (Å²) >= 11 is 5.95. The smallest absolute Gasteiger partial charge is 0.242 e. The van der Waals surface area contributed by atoms with E-state index in [1.165, 1.54) is 33.5 Å². The van der Waals surface area contributed by atoms with Gasteiger partial charge < -0.3 is 24.8 Å². The van der Waals surface area contributed by atoms with Crippen molar-refractivity contribution in [2.24, 2.45) is 0 Å². The van der Waals surface area contributed by atoms with Crippen molar-refractivity contribution in [3.8, 4) is 17.2 Å². The van der Waals surface area contributed by atoms with Crippen LogP contribution in [-0.4, -0.2) is 52.6 Å². The maximum absolute atomic E-state index is 12.8. The predicted molar refractivity (Wildman–Crippen MR) is 123 cm³/mol. The number of hydrogen-bond acceptors (Lipinski definition) is 7. The molecule has 1 atom stereocenters. The standard InChI is InChI=1S/C21H25ClN2O7S/c1-5-19(21(26)24-15-10-13(22)6-8-16(15)29-2)32(27,28)12-20(25)23-14-7-9-17(30-3)18(11-14)31-4/h6-11,19H,5,12H2,1-4H3,(H,23,25)(H,24,26). The van der Waals surface area contributed by atoms with E-state index >= 15 is 0 Å². The van der Waals surface area contributed by atoms with E-state index in [0.717, 1.165) is 0 Å². The number of anilines is 2. The first-order chi connectivity index (χ1) is 15.1. The van der Waals surface area contributed by atoms with Crippen LogP contribution in [0.25, 0.3) is 0 Å². The molecule has 2 aromatic carbocycles. The Morgan fingerprint density at radius 1 is 0.938 bits per heavy atom. The predicted octanol–water partition coefficient (Wildman–Crippen LogP) is 3.14. The number of benzene rings is 2. The second kappa shape index (κ2) is 11.1. The summed E-state index contributed by atoms with van der Waals surface area (Å²) in [7, 11) is 0.193. The monoisotopic (exact) mass is 484 g/mol. The number of amides is 2. The SMILES string of the molecule is CCC(C(=O)Nc1cc(Cl)ccc1OC)S(=O)(=O)CC(=O)Nc1ccc(OC)c(OC)c1. The molecule has 2 aromatic rings. The molecule has 0 saturated carbocycles. The molecule has 0 aromatic heterocycles. The Morgan fingerprint density at radius 3 is 2.16 bits per heavy atom. The molecule has 2 N–H and O–H groups in total. The maximum Gasteiger partial charge on any atom is 0.242 e. The van der Waals surface area contributed by atoms with E-state index in [-0.39, 0.29) is 12.1 Å². The normalized spacial score (nSPS) is 11.9. The number of nitrogens with one attached hydrogen (secondary N) is 2. The summed E-state index contributed by atoms with van der Waals surface area (Å²) in [5.41, 5.74) is 0.553. The molecule has 0 spiro atoms. The summed E-state index contributed by atoms with van der Waals surface area (Å²) < 4.78 is 41.1. The summed E-state index contributed by atoms with van der Waals surface area (Å²) in [6.07, 6.45) is -0.0271. The number of methoxy groups -OCH3 is 3. The molecule has 2 amide bonds. The van der Waals surface area contributed by atoms with Crippen LogP contribution in [-0.2, 0) is 19.4 Å². The average molecular weight is 485 g/mol. The number of rotatable bonds is 10. The van der Waals surface area contributed by atoms with E-state index in [1.54, 1.807) is 31.2 Å². The van der Waals surface area contributed by atoms with Crippen LogP contribution in [0.4, 0.5) is 11.4 Å². The summed E-state index contributed by atoms with van der Waals surface area (Å²) in [5, 5.41) is 3.91. The summed E-state index contributed by atoms with van der Waals surface area (Å²) in [6, 6.07) is 9.18. The first-order valence-corrected chi connectivity index (χ1v) is 11.6. The van der Waals surface area contributed by atoms with Crippen molar-refractivity contribution in [3.05, 3.63) is 41.4 Å². The molecule has 1 unspecified atom stereocenters. The van der Waals surface area contributed by atoms with Gasteiger partial charge >= 0.3 is 0 Å². The zero-order valence-corrected chi connectivity index (χ0v) is 19.7. The third-order valence-electron chi connectivity index (χ3n) is 4.52. The summed E-state index contributed by atoms with van der Waals surface area (Å²) in [6.45, 7) is 1.54. The summed E-state index contributed by atoms with van der Waals surface area (Å²) in [4.78, 5) is 25.1. The van der Waals surface area contributed by atoms with Crippen LogP contribution in [0.15, 0.2) is 36.4 Å². The van der Waals surface area contributed by atoms with Crippen molar-refractivity contribution in [2.75, 3.05) is 37.7 Å². The second-order valence-corrected chi connectivity index (χ2v) is 9.28. The van der Waals surface area contributed by atoms with E-state index in [1.807, 2.05) is 0 Å². The molecule has 0 aliphatic heterocycles. The molecule has 0 aliphatic carbocycles. The zero-order valence-electron chi connectivity index (χ0n) is 18.1. The molecule has 0 radical (unpaired) electrons. The summed E-state index contributed by atoms with van der Waals surface area (Å²) in [5.74, 6) is -1.30. The average Bonchev–Trinajstić information content (AvgIpc) is 2.73. The number of halogens is 1. The minimum Gasteiger partial charge on any atom is -0.495 e. The highest BCUT2D eigenvalue weighted by molar-refractivity contribution is 7.93. The van der Waals surface area contributed by atoms with Crippen molar-refractivity contribution >= 4 is 44.6 Å². The highest BCUT2D eigenvalue weighted by atomic mass is 35.5. The fraction of sp³-hybridized carbons (Fsp3) is 0.333. The van der Waals surface area contributed by atoms with E-state index in [9.17, 15) is 18.0 Å². The van der Waals surface area contributed by atoms with Gasteiger partial charge in [-0.05, 0) is 36.8 Å². The molecule has 0 bridgehead atoms. The van der Waals surface area contributed by atoms with Gasteiger partial charge in [0, 0.05) is 16.8 Å². The molecule has 11 heteroatoms. The molecule has 0 heterocycles. The van der Waals surface area contributed by atoms with E-state index < -0.39 is 32.7 Å². The van der Waals surface area contributed by atoms with Gasteiger partial charge in [0.05, 0.1) is 27.0 Å². The Morgan fingerprint density at radius 2 is 1.56 bits per heavy atom. The quantitative estimate of drug-likeness (QED) is 0.531. The van der Waals surface area contributed by atoms with Crippen LogP contribution in [0.3, 0.4) is 0 Å². The topological polar surface area (TPSA) is 120 Å². The number of carbonyl (C=O) groups is 2. The minimum absolute atomic E-state index is 0.0271. The number of carbonyl (C=O) groups excluding carboxylic acids is 2. The van der Waals surface area contributed by atoms with E-state index in [4.69, 9.17) is 25.8 Å². The largest absolute Gasteiger partial charge is 0.495 e. The van der Waals surface area contributed by atoms with Crippen LogP contribution in [0.2, 0.25) is 5.02 Å². The van der Waals surface area contributed by atoms with Gasteiger partial charge in [-0.15, -0.1) is 0 Å². The van der Waals surface area contributed by atoms with Crippen LogP contribution in [0, 0.1) is 0 Å². The van der Waals surface area contributed by atoms with Crippen molar-refractivity contribution in [3.63, 3.8) is 0 Å². The Kier molecular flexibility index (Phi) is 8.73. The highest BCUT2D eigenvalue weighted by Gasteiger charge is 2.33. The van der Waals surface area contributed by atoms with Crippen molar-refractivity contribution in [1.82, 2.24) is 0 Å². The van der Waals surface area contributed by atoms with Crippen molar-refractivity contribution in [1.29, 1.82) is 0 Å². The molecule has 0 fully saturated rings. The van der Waals surface area contributed by atoms with Crippen molar-refractivity contribution < 1.29 is 32.2 Å². The molecule has 9 nitrogen and oxygen atoms in total. The van der Waals surface area contributed by atoms with E-state index in [2.05, 4.69) is 10.6 Å². The molecule has 0 saturated heterocycles. The fourth-order valence-electron chi connectivity index (χ4n) is 2.99. The molecular weight excluding hydrogens is 460 g/mol. The number of ether oxygens (including phenoxy) is 3. The van der Waals surface area contributed by atoms with Gasteiger partial charge in [0.15, 0.2) is 21.3 Å². The van der Waals surface area contributed by atoms with Gasteiger partial charge in [-0.1, -0.05) is 18.5 Å². The lowest BCUT2D eigenvalue weighted by Crippen LogP contribution is -2.39. The Labute approximate surface area is 191 Å². The fourth-order valence-corrected chi connectivity index (χ4v) is 4.69. The first-order valence-electron chi connectivity index (χ1n) is 9.53. The molecule has 2 rings (SSSR count). The molecule has 0 aliphatic rings. The minimum atomic E-state index is -4.12. The van der Waals surface area contributed by atoms with Gasteiger partial charge in [0.1, 0.15) is 16.8 Å². The second-order valence-electron chi connectivity index (χ2n) is 6.66. The third kappa shape index (κ3) is 6.27. The lowest BCUT2D eigenvalue weighted by atomic mass is 10.2. The lowest BCUT2D eigenvalue weighted by molar-refractivity contribution is -0.115. The van der Waals surface area contributed by atoms with Crippen LogP contribution in [0.1, 0.15) is 13.3 Å². The van der Waals surface area contributed by atoms with Crippen LogP contribution >= 0.6 is 11.6 Å². The Bertz CT molecular complexity index is 1090. The molecule has 174 valence electrons. The van der Waals surface area contributed by atoms with Crippen LogP contribution < -0.4 is 24.8 Å². The van der Waals surface area contributed by atoms with Gasteiger partial charge in [-0.3, -0.25) is 9.59 Å². The van der Waals surface area contributed by atoms with Crippen molar-refractivity contribution in [2.45, 2.75) is 18.6 Å². The van der Waals surface area contributed by atoms with E-state index in [0.29, 0.717) is 28.0 Å². The molecular formula is C21H25ClN2O7S. The lowest BCUT2D eigenvalue weighted by Gasteiger charge is -2.17. The maximum atomic E-state index is 12.8. The van der Waals surface area contributed by atoms with Crippen LogP contribution in [0.5, 0.6) is 17.2 Å². The number of hydrogen-bond donors (Lipinski definition) is 2.